The quantitative estimate of drug-likeness (QED) is 0.588. The maximum atomic E-state index is 12.5. The minimum absolute atomic E-state index is 0.130. The number of aryl methyl sites for hydroxylation is 2. The maximum absolute atomic E-state index is 12.5. The number of benzene rings is 1. The first-order valence-electron chi connectivity index (χ1n) is 7.76. The fourth-order valence-electron chi connectivity index (χ4n) is 2.48. The number of hydrogen-bond donors (Lipinski definition) is 2. The smallest absolute Gasteiger partial charge is 0.333 e. The van der Waals surface area contributed by atoms with E-state index in [0.29, 0.717) is 17.9 Å². The molecule has 1 aromatic carbocycles. The van der Waals surface area contributed by atoms with Crippen LogP contribution in [0.4, 0.5) is 17.2 Å². The predicted octanol–water partition coefficient (Wildman–Crippen LogP) is 2.47. The van der Waals surface area contributed by atoms with Gasteiger partial charge < -0.3 is 15.4 Å². The molecule has 9 nitrogen and oxygen atoms in total. The summed E-state index contributed by atoms with van der Waals surface area (Å²) >= 11 is 0. The van der Waals surface area contributed by atoms with Crippen LogP contribution in [-0.2, 0) is 11.8 Å². The molecule has 25 heavy (non-hydrogen) atoms. The fourth-order valence-corrected chi connectivity index (χ4v) is 2.48. The highest BCUT2D eigenvalue weighted by Crippen LogP contribution is 2.28. The highest BCUT2D eigenvalue weighted by atomic mass is 16.6. The third-order valence-electron chi connectivity index (χ3n) is 3.75. The van der Waals surface area contributed by atoms with Crippen molar-refractivity contribution in [3.05, 3.63) is 40.1 Å². The third-order valence-corrected chi connectivity index (χ3v) is 3.75. The summed E-state index contributed by atoms with van der Waals surface area (Å²) in [6, 6.07) is 6.32. The number of nitrogens with zero attached hydrogens (tertiary/aromatic N) is 3. The van der Waals surface area contributed by atoms with E-state index in [0.717, 1.165) is 0 Å². The van der Waals surface area contributed by atoms with Gasteiger partial charge in [0, 0.05) is 18.8 Å². The molecule has 2 N–H and O–H groups in total. The molecule has 0 aliphatic carbocycles. The van der Waals surface area contributed by atoms with E-state index in [1.165, 1.54) is 4.68 Å². The van der Waals surface area contributed by atoms with E-state index in [9.17, 15) is 14.9 Å². The first-order valence-corrected chi connectivity index (χ1v) is 7.76. The van der Waals surface area contributed by atoms with Gasteiger partial charge in [0.05, 0.1) is 12.0 Å². The summed E-state index contributed by atoms with van der Waals surface area (Å²) in [7, 11) is 3.14. The van der Waals surface area contributed by atoms with Crippen LogP contribution in [0.3, 0.4) is 0 Å². The summed E-state index contributed by atoms with van der Waals surface area (Å²) in [5, 5.41) is 21.0. The van der Waals surface area contributed by atoms with Crippen molar-refractivity contribution in [3.63, 3.8) is 0 Å². The van der Waals surface area contributed by atoms with Crippen molar-refractivity contribution >= 4 is 23.1 Å². The van der Waals surface area contributed by atoms with Gasteiger partial charge in [-0.15, -0.1) is 0 Å². The molecule has 2 aromatic rings. The van der Waals surface area contributed by atoms with Crippen LogP contribution in [0.25, 0.3) is 0 Å². The van der Waals surface area contributed by atoms with Crippen molar-refractivity contribution in [2.75, 3.05) is 17.7 Å². The van der Waals surface area contributed by atoms with E-state index in [-0.39, 0.29) is 23.1 Å². The molecule has 0 aliphatic heterocycles. The standard InChI is InChI=1S/C16H21N5O4/c1-5-13(16(22)17-11-7-6-8-12(9-11)25-4)18-15-14(21(23)24)10(2)19-20(15)3/h6-9,13,18H,5H2,1-4H3,(H,17,22)/t13-/m1/s1. The molecule has 0 saturated heterocycles. The van der Waals surface area contributed by atoms with Crippen LogP contribution in [0, 0.1) is 17.0 Å². The maximum Gasteiger partial charge on any atom is 0.333 e. The van der Waals surface area contributed by atoms with Crippen LogP contribution in [0.15, 0.2) is 24.3 Å². The number of methoxy groups -OCH3 is 1. The molecule has 0 fully saturated rings. The molecule has 9 heteroatoms. The Morgan fingerprint density at radius 1 is 1.48 bits per heavy atom. The van der Waals surface area contributed by atoms with Gasteiger partial charge in [-0.25, -0.2) is 4.68 Å². The Morgan fingerprint density at radius 2 is 2.20 bits per heavy atom. The van der Waals surface area contributed by atoms with Gasteiger partial charge in [-0.2, -0.15) is 5.10 Å². The Kier molecular flexibility index (Phi) is 5.58. The monoisotopic (exact) mass is 347 g/mol. The molecule has 134 valence electrons. The van der Waals surface area contributed by atoms with Crippen LogP contribution < -0.4 is 15.4 Å². The van der Waals surface area contributed by atoms with Crippen LogP contribution in [0.1, 0.15) is 19.0 Å². The topological polar surface area (TPSA) is 111 Å². The largest absolute Gasteiger partial charge is 0.497 e. The lowest BCUT2D eigenvalue weighted by Gasteiger charge is -2.17. The molecule has 0 saturated carbocycles. The van der Waals surface area contributed by atoms with Crippen LogP contribution in [0.5, 0.6) is 5.75 Å². The second-order valence-corrected chi connectivity index (χ2v) is 5.49. The van der Waals surface area contributed by atoms with E-state index in [1.807, 2.05) is 6.92 Å². The van der Waals surface area contributed by atoms with Crippen molar-refractivity contribution in [3.8, 4) is 5.75 Å². The molecule has 2 rings (SSSR count). The molecule has 0 spiro atoms. The Morgan fingerprint density at radius 3 is 2.80 bits per heavy atom. The van der Waals surface area contributed by atoms with Gasteiger partial charge >= 0.3 is 5.69 Å². The number of hydrogen-bond acceptors (Lipinski definition) is 6. The second-order valence-electron chi connectivity index (χ2n) is 5.49. The molecule has 1 atom stereocenters. The molecule has 0 aliphatic rings. The fraction of sp³-hybridized carbons (Fsp3) is 0.375. The molecular formula is C16H21N5O4. The number of amides is 1. The summed E-state index contributed by atoms with van der Waals surface area (Å²) in [5.74, 6) is 0.524. The third kappa shape index (κ3) is 4.06. The van der Waals surface area contributed by atoms with Crippen LogP contribution in [0.2, 0.25) is 0 Å². The van der Waals surface area contributed by atoms with Gasteiger partial charge in [-0.1, -0.05) is 13.0 Å². The lowest BCUT2D eigenvalue weighted by atomic mass is 10.2. The van der Waals surface area contributed by atoms with E-state index in [2.05, 4.69) is 15.7 Å². The summed E-state index contributed by atoms with van der Waals surface area (Å²) < 4.78 is 6.50. The number of nitrogens with one attached hydrogen (secondary N) is 2. The number of carbonyl (C=O) groups excluding carboxylic acids is 1. The zero-order valence-electron chi connectivity index (χ0n) is 14.6. The van der Waals surface area contributed by atoms with Gasteiger partial charge in [0.2, 0.25) is 11.7 Å². The molecule has 0 bridgehead atoms. The minimum atomic E-state index is -0.653. The van der Waals surface area contributed by atoms with Gasteiger partial charge in [-0.3, -0.25) is 14.9 Å². The van der Waals surface area contributed by atoms with Gasteiger partial charge in [0.1, 0.15) is 17.5 Å². The Bertz CT molecular complexity index is 787. The number of ether oxygens (including phenoxy) is 1. The van der Waals surface area contributed by atoms with Crippen molar-refractivity contribution in [2.45, 2.75) is 26.3 Å². The average molecular weight is 347 g/mol. The van der Waals surface area contributed by atoms with Crippen molar-refractivity contribution in [1.82, 2.24) is 9.78 Å². The van der Waals surface area contributed by atoms with Crippen LogP contribution in [-0.4, -0.2) is 33.8 Å². The Hall–Kier alpha value is -3.10. The number of nitro groups is 1. The highest BCUT2D eigenvalue weighted by molar-refractivity contribution is 5.96. The first-order chi connectivity index (χ1) is 11.9. The predicted molar refractivity (Wildman–Crippen MR) is 93.9 cm³/mol. The highest BCUT2D eigenvalue weighted by Gasteiger charge is 2.27. The number of aromatic nitrogens is 2. The van der Waals surface area contributed by atoms with Gasteiger partial charge in [-0.05, 0) is 25.5 Å². The van der Waals surface area contributed by atoms with Crippen LogP contribution >= 0.6 is 0 Å². The van der Waals surface area contributed by atoms with Gasteiger partial charge in [0.15, 0.2) is 0 Å². The van der Waals surface area contributed by atoms with E-state index in [1.54, 1.807) is 45.3 Å². The molecule has 1 heterocycles. The lowest BCUT2D eigenvalue weighted by molar-refractivity contribution is -0.384. The van der Waals surface area contributed by atoms with E-state index < -0.39 is 11.0 Å². The Balaban J connectivity index is 2.20. The molecule has 0 unspecified atom stereocenters. The van der Waals surface area contributed by atoms with E-state index >= 15 is 0 Å². The zero-order chi connectivity index (χ0) is 18.6. The summed E-state index contributed by atoms with van der Waals surface area (Å²) in [6.07, 6.45) is 0.442. The number of rotatable bonds is 7. The summed E-state index contributed by atoms with van der Waals surface area (Å²) in [5.41, 5.74) is 0.744. The Labute approximate surface area is 145 Å². The van der Waals surface area contributed by atoms with Crippen molar-refractivity contribution < 1.29 is 14.5 Å². The van der Waals surface area contributed by atoms with Crippen molar-refractivity contribution in [2.24, 2.45) is 7.05 Å². The molecule has 0 radical (unpaired) electrons. The second kappa shape index (κ2) is 7.65. The number of anilines is 2. The SMILES string of the molecule is CC[C@@H](Nc1c([N+](=O)[O-])c(C)nn1C)C(=O)Nc1cccc(OC)c1. The minimum Gasteiger partial charge on any atom is -0.497 e. The molecule has 1 amide bonds. The van der Waals surface area contributed by atoms with Crippen molar-refractivity contribution in [1.29, 1.82) is 0 Å². The first kappa shape index (κ1) is 18.2. The zero-order valence-corrected chi connectivity index (χ0v) is 14.6. The molecular weight excluding hydrogens is 326 g/mol. The molecule has 1 aromatic heterocycles. The normalized spacial score (nSPS) is 11.7. The van der Waals surface area contributed by atoms with Gasteiger partial charge in [0.25, 0.3) is 0 Å². The summed E-state index contributed by atoms with van der Waals surface area (Å²) in [6.45, 7) is 3.37. The lowest BCUT2D eigenvalue weighted by Crippen LogP contribution is -2.35. The summed E-state index contributed by atoms with van der Waals surface area (Å²) in [4.78, 5) is 23.3. The average Bonchev–Trinajstić information content (AvgIpc) is 2.86. The number of carbonyl (C=O) groups is 1. The van der Waals surface area contributed by atoms with E-state index in [4.69, 9.17) is 4.74 Å².